The molecule has 0 aliphatic heterocycles. The first-order chi connectivity index (χ1) is 8.44. The van der Waals surface area contributed by atoms with Crippen LogP contribution in [0.5, 0.6) is 0 Å². The molecule has 4 nitrogen and oxygen atoms in total. The summed E-state index contributed by atoms with van der Waals surface area (Å²) in [4.78, 5) is 12.0. The number of esters is 1. The topological polar surface area (TPSA) is 78.3 Å². The third-order valence-electron chi connectivity index (χ3n) is 3.29. The molecule has 0 aliphatic rings. The predicted molar refractivity (Wildman–Crippen MR) is 73.1 cm³/mol. The van der Waals surface area contributed by atoms with E-state index in [1.807, 2.05) is 32.0 Å². The number of benzene rings is 1. The van der Waals surface area contributed by atoms with Gasteiger partial charge in [-0.25, -0.2) is 0 Å². The quantitative estimate of drug-likeness (QED) is 0.615. The van der Waals surface area contributed by atoms with Crippen LogP contribution in [0.2, 0.25) is 0 Å². The number of nitrogen functional groups attached to an aromatic ring is 1. The maximum absolute atomic E-state index is 12.0. The van der Waals surface area contributed by atoms with Crippen molar-refractivity contribution in [2.75, 3.05) is 18.9 Å². The van der Waals surface area contributed by atoms with E-state index in [0.29, 0.717) is 13.0 Å². The van der Waals surface area contributed by atoms with Crippen molar-refractivity contribution in [3.05, 3.63) is 29.3 Å². The maximum Gasteiger partial charge on any atom is 0.313 e. The van der Waals surface area contributed by atoms with Crippen LogP contribution in [-0.2, 0) is 16.0 Å². The highest BCUT2D eigenvalue weighted by atomic mass is 16.5. The van der Waals surface area contributed by atoms with Gasteiger partial charge in [-0.05, 0) is 44.4 Å². The van der Waals surface area contributed by atoms with Gasteiger partial charge in [0.2, 0.25) is 0 Å². The fourth-order valence-electron chi connectivity index (χ4n) is 1.85. The molecule has 1 atom stereocenters. The Kier molecular flexibility index (Phi) is 4.73. The highest BCUT2D eigenvalue weighted by Crippen LogP contribution is 2.27. The second kappa shape index (κ2) is 5.87. The zero-order valence-electron chi connectivity index (χ0n) is 11.3. The lowest BCUT2D eigenvalue weighted by Gasteiger charge is -2.26. The number of rotatable bonds is 5. The monoisotopic (exact) mass is 250 g/mol. The Morgan fingerprint density at radius 1 is 1.44 bits per heavy atom. The van der Waals surface area contributed by atoms with Crippen LogP contribution >= 0.6 is 0 Å². The molecule has 0 aromatic heterocycles. The molecule has 4 heteroatoms. The Bertz CT molecular complexity index is 432. The summed E-state index contributed by atoms with van der Waals surface area (Å²) in [7, 11) is 0. The average Bonchev–Trinajstić information content (AvgIpc) is 2.35. The smallest absolute Gasteiger partial charge is 0.313 e. The van der Waals surface area contributed by atoms with Gasteiger partial charge in [-0.15, -0.1) is 0 Å². The van der Waals surface area contributed by atoms with Gasteiger partial charge in [-0.3, -0.25) is 4.79 Å². The maximum atomic E-state index is 12.0. The Hall–Kier alpha value is -1.55. The summed E-state index contributed by atoms with van der Waals surface area (Å²) in [5, 5.41) is 0. The fourth-order valence-corrected chi connectivity index (χ4v) is 1.85. The molecule has 1 aromatic rings. The number of carbonyl (C=O) groups is 1. The second-order valence-electron chi connectivity index (χ2n) is 4.79. The van der Waals surface area contributed by atoms with Crippen LogP contribution in [0.25, 0.3) is 0 Å². The largest absolute Gasteiger partial charge is 0.466 e. The van der Waals surface area contributed by atoms with E-state index in [-0.39, 0.29) is 12.5 Å². The van der Waals surface area contributed by atoms with Crippen LogP contribution in [-0.4, -0.2) is 19.1 Å². The van der Waals surface area contributed by atoms with Gasteiger partial charge < -0.3 is 16.2 Å². The summed E-state index contributed by atoms with van der Waals surface area (Å²) in [5.41, 5.74) is 13.7. The van der Waals surface area contributed by atoms with E-state index in [9.17, 15) is 4.79 Å². The first kappa shape index (κ1) is 14.5. The summed E-state index contributed by atoms with van der Waals surface area (Å²) in [6.45, 7) is 6.19. The third-order valence-corrected chi connectivity index (χ3v) is 3.29. The van der Waals surface area contributed by atoms with Crippen molar-refractivity contribution >= 4 is 11.7 Å². The van der Waals surface area contributed by atoms with Gasteiger partial charge >= 0.3 is 5.97 Å². The summed E-state index contributed by atoms with van der Waals surface area (Å²) in [6.07, 6.45) is 0.541. The van der Waals surface area contributed by atoms with Gasteiger partial charge in [0.15, 0.2) is 0 Å². The van der Waals surface area contributed by atoms with Crippen LogP contribution < -0.4 is 11.5 Å². The third kappa shape index (κ3) is 3.01. The molecule has 0 spiro atoms. The molecule has 0 bridgehead atoms. The second-order valence-corrected chi connectivity index (χ2v) is 4.79. The minimum atomic E-state index is -0.700. The SMILES string of the molecule is CCOC(=O)C(C)(CN)Cc1cccc(N)c1C. The molecule has 0 amide bonds. The number of carbonyl (C=O) groups excluding carboxylic acids is 1. The van der Waals surface area contributed by atoms with Crippen molar-refractivity contribution in [1.29, 1.82) is 0 Å². The Morgan fingerprint density at radius 3 is 2.67 bits per heavy atom. The lowest BCUT2D eigenvalue weighted by molar-refractivity contribution is -0.153. The molecule has 1 aromatic carbocycles. The van der Waals surface area contributed by atoms with Crippen LogP contribution in [0.15, 0.2) is 18.2 Å². The van der Waals surface area contributed by atoms with Gasteiger partial charge in [0, 0.05) is 12.2 Å². The first-order valence-electron chi connectivity index (χ1n) is 6.16. The summed E-state index contributed by atoms with van der Waals surface area (Å²) in [6, 6.07) is 5.71. The summed E-state index contributed by atoms with van der Waals surface area (Å²) < 4.78 is 5.09. The van der Waals surface area contributed by atoms with E-state index in [1.165, 1.54) is 0 Å². The fraction of sp³-hybridized carbons (Fsp3) is 0.500. The zero-order valence-corrected chi connectivity index (χ0v) is 11.3. The minimum absolute atomic E-state index is 0.250. The lowest BCUT2D eigenvalue weighted by atomic mass is 9.82. The molecule has 100 valence electrons. The van der Waals surface area contributed by atoms with Crippen molar-refractivity contribution in [2.24, 2.45) is 11.1 Å². The highest BCUT2D eigenvalue weighted by Gasteiger charge is 2.34. The van der Waals surface area contributed by atoms with E-state index in [0.717, 1.165) is 16.8 Å². The zero-order chi connectivity index (χ0) is 13.8. The van der Waals surface area contributed by atoms with Crippen LogP contribution in [0.3, 0.4) is 0 Å². The molecule has 18 heavy (non-hydrogen) atoms. The molecule has 0 saturated heterocycles. The van der Waals surface area contributed by atoms with E-state index < -0.39 is 5.41 Å². The normalized spacial score (nSPS) is 14.0. The molecular formula is C14H22N2O2. The molecule has 0 heterocycles. The van der Waals surface area contributed by atoms with Gasteiger partial charge in [-0.1, -0.05) is 12.1 Å². The number of anilines is 1. The predicted octanol–water partition coefficient (Wildman–Crippen LogP) is 1.65. The van der Waals surface area contributed by atoms with Gasteiger partial charge in [0.1, 0.15) is 0 Å². The minimum Gasteiger partial charge on any atom is -0.466 e. The molecule has 0 aliphatic carbocycles. The van der Waals surface area contributed by atoms with E-state index in [2.05, 4.69) is 0 Å². The van der Waals surface area contributed by atoms with Crippen LogP contribution in [0.1, 0.15) is 25.0 Å². The number of nitrogens with two attached hydrogens (primary N) is 2. The molecule has 0 saturated carbocycles. The number of hydrogen-bond acceptors (Lipinski definition) is 4. The molecular weight excluding hydrogens is 228 g/mol. The molecule has 0 fully saturated rings. The van der Waals surface area contributed by atoms with Crippen molar-refractivity contribution in [2.45, 2.75) is 27.2 Å². The van der Waals surface area contributed by atoms with Crippen molar-refractivity contribution in [1.82, 2.24) is 0 Å². The molecule has 4 N–H and O–H groups in total. The Balaban J connectivity index is 2.98. The molecule has 1 unspecified atom stereocenters. The number of hydrogen-bond donors (Lipinski definition) is 2. The first-order valence-corrected chi connectivity index (χ1v) is 6.16. The Labute approximate surface area is 108 Å². The summed E-state index contributed by atoms with van der Waals surface area (Å²) in [5.74, 6) is -0.255. The summed E-state index contributed by atoms with van der Waals surface area (Å²) >= 11 is 0. The highest BCUT2D eigenvalue weighted by molar-refractivity contribution is 5.77. The van der Waals surface area contributed by atoms with E-state index in [4.69, 9.17) is 16.2 Å². The van der Waals surface area contributed by atoms with Gasteiger partial charge in [0.25, 0.3) is 0 Å². The van der Waals surface area contributed by atoms with E-state index in [1.54, 1.807) is 6.92 Å². The molecule has 0 radical (unpaired) electrons. The molecule has 1 rings (SSSR count). The van der Waals surface area contributed by atoms with Gasteiger partial charge in [0.05, 0.1) is 12.0 Å². The van der Waals surface area contributed by atoms with Crippen molar-refractivity contribution in [3.8, 4) is 0 Å². The average molecular weight is 250 g/mol. The van der Waals surface area contributed by atoms with Crippen LogP contribution in [0.4, 0.5) is 5.69 Å². The van der Waals surface area contributed by atoms with Crippen molar-refractivity contribution in [3.63, 3.8) is 0 Å². The lowest BCUT2D eigenvalue weighted by Crippen LogP contribution is -2.39. The number of ether oxygens (including phenoxy) is 1. The van der Waals surface area contributed by atoms with Gasteiger partial charge in [-0.2, -0.15) is 0 Å². The Morgan fingerprint density at radius 2 is 2.11 bits per heavy atom. The van der Waals surface area contributed by atoms with E-state index >= 15 is 0 Å². The standard InChI is InChI=1S/C14H22N2O2/c1-4-18-13(17)14(3,9-15)8-11-6-5-7-12(16)10(11)2/h5-7H,4,8-9,15-16H2,1-3H3. The van der Waals surface area contributed by atoms with Crippen LogP contribution in [0, 0.1) is 12.3 Å². The van der Waals surface area contributed by atoms with Crippen molar-refractivity contribution < 1.29 is 9.53 Å².